The van der Waals surface area contributed by atoms with E-state index >= 15 is 0 Å². The minimum atomic E-state index is 0.458. The highest BCUT2D eigenvalue weighted by atomic mass is 15.4. The number of hydrogen-bond acceptors (Lipinski definition) is 3. The molecule has 15 heavy (non-hydrogen) atoms. The monoisotopic (exact) mass is 208 g/mol. The molecule has 0 saturated heterocycles. The fourth-order valence-corrected chi connectivity index (χ4v) is 2.50. The van der Waals surface area contributed by atoms with Crippen molar-refractivity contribution in [3.05, 3.63) is 11.4 Å². The highest BCUT2D eigenvalue weighted by molar-refractivity contribution is 5.15. The first-order valence-corrected chi connectivity index (χ1v) is 5.88. The van der Waals surface area contributed by atoms with E-state index in [9.17, 15) is 0 Å². The van der Waals surface area contributed by atoms with Crippen LogP contribution in [-0.4, -0.2) is 15.0 Å². The van der Waals surface area contributed by atoms with Gasteiger partial charge < -0.3 is 5.73 Å². The van der Waals surface area contributed by atoms with Gasteiger partial charge in [0, 0.05) is 6.54 Å². The van der Waals surface area contributed by atoms with Gasteiger partial charge in [-0.05, 0) is 18.8 Å². The maximum Gasteiger partial charge on any atom is 0.0997 e. The van der Waals surface area contributed by atoms with Gasteiger partial charge in [0.05, 0.1) is 17.4 Å². The molecule has 2 rings (SSSR count). The molecule has 0 spiro atoms. The normalized spacial score (nSPS) is 17.9. The third kappa shape index (κ3) is 1.91. The standard InChI is InChI=1S/C11H20N4/c1-8(2)11-10(7-12)13-14-15(11)9-5-3-4-6-9/h8-9H,3-7,12H2,1-2H3. The lowest BCUT2D eigenvalue weighted by atomic mass is 10.1. The molecule has 0 aliphatic heterocycles. The summed E-state index contributed by atoms with van der Waals surface area (Å²) in [6.07, 6.45) is 5.13. The lowest BCUT2D eigenvalue weighted by molar-refractivity contribution is 0.431. The predicted octanol–water partition coefficient (Wildman–Crippen LogP) is 1.98. The molecule has 0 atom stereocenters. The molecule has 0 amide bonds. The van der Waals surface area contributed by atoms with Crippen LogP contribution in [0.5, 0.6) is 0 Å². The van der Waals surface area contributed by atoms with Crippen molar-refractivity contribution in [1.29, 1.82) is 0 Å². The first kappa shape index (κ1) is 10.6. The summed E-state index contributed by atoms with van der Waals surface area (Å²) in [5, 5.41) is 8.47. The predicted molar refractivity (Wildman–Crippen MR) is 59.5 cm³/mol. The SMILES string of the molecule is CC(C)c1c(CN)nnn1C1CCCC1. The minimum Gasteiger partial charge on any atom is -0.325 e. The van der Waals surface area contributed by atoms with E-state index in [4.69, 9.17) is 5.73 Å². The Balaban J connectivity index is 2.33. The zero-order valence-corrected chi connectivity index (χ0v) is 9.61. The number of rotatable bonds is 3. The van der Waals surface area contributed by atoms with Crippen LogP contribution in [0.4, 0.5) is 0 Å². The summed E-state index contributed by atoms with van der Waals surface area (Å²) >= 11 is 0. The maximum atomic E-state index is 5.68. The molecule has 84 valence electrons. The van der Waals surface area contributed by atoms with Crippen molar-refractivity contribution in [3.63, 3.8) is 0 Å². The van der Waals surface area contributed by atoms with Crippen LogP contribution in [0.1, 0.15) is 62.9 Å². The van der Waals surface area contributed by atoms with Crippen molar-refractivity contribution in [2.75, 3.05) is 0 Å². The lowest BCUT2D eigenvalue weighted by Gasteiger charge is -2.15. The smallest absolute Gasteiger partial charge is 0.0997 e. The number of nitrogens with zero attached hydrogens (tertiary/aromatic N) is 3. The van der Waals surface area contributed by atoms with Gasteiger partial charge in [0.25, 0.3) is 0 Å². The summed E-state index contributed by atoms with van der Waals surface area (Å²) in [5.41, 5.74) is 7.89. The number of hydrogen-bond donors (Lipinski definition) is 1. The summed E-state index contributed by atoms with van der Waals surface area (Å²) in [6, 6.07) is 0.565. The van der Waals surface area contributed by atoms with Crippen molar-refractivity contribution in [1.82, 2.24) is 15.0 Å². The van der Waals surface area contributed by atoms with Gasteiger partial charge in [-0.25, -0.2) is 4.68 Å². The van der Waals surface area contributed by atoms with Gasteiger partial charge in [-0.1, -0.05) is 31.9 Å². The molecule has 1 aliphatic rings. The van der Waals surface area contributed by atoms with Crippen LogP contribution in [0.25, 0.3) is 0 Å². The number of nitrogens with two attached hydrogens (primary N) is 1. The Morgan fingerprint density at radius 3 is 2.60 bits per heavy atom. The molecule has 0 aromatic carbocycles. The van der Waals surface area contributed by atoms with Gasteiger partial charge in [0.15, 0.2) is 0 Å². The van der Waals surface area contributed by atoms with Crippen LogP contribution in [0.15, 0.2) is 0 Å². The van der Waals surface area contributed by atoms with Gasteiger partial charge in [-0.3, -0.25) is 0 Å². The van der Waals surface area contributed by atoms with Crippen LogP contribution in [-0.2, 0) is 6.54 Å². The zero-order chi connectivity index (χ0) is 10.8. The maximum absolute atomic E-state index is 5.68. The Bertz CT molecular complexity index is 323. The average Bonchev–Trinajstić information content (AvgIpc) is 2.85. The quantitative estimate of drug-likeness (QED) is 0.826. The van der Waals surface area contributed by atoms with Gasteiger partial charge >= 0.3 is 0 Å². The zero-order valence-electron chi connectivity index (χ0n) is 9.61. The Kier molecular flexibility index (Phi) is 3.05. The van der Waals surface area contributed by atoms with E-state index in [1.54, 1.807) is 0 Å². The second-order valence-corrected chi connectivity index (χ2v) is 4.66. The third-order valence-corrected chi connectivity index (χ3v) is 3.22. The Morgan fingerprint density at radius 2 is 2.07 bits per heavy atom. The van der Waals surface area contributed by atoms with Crippen molar-refractivity contribution < 1.29 is 0 Å². The minimum absolute atomic E-state index is 0.458. The molecule has 1 saturated carbocycles. The van der Waals surface area contributed by atoms with Gasteiger partial charge in [-0.2, -0.15) is 0 Å². The van der Waals surface area contributed by atoms with Gasteiger partial charge in [0.1, 0.15) is 0 Å². The number of aromatic nitrogens is 3. The summed E-state index contributed by atoms with van der Waals surface area (Å²) in [5.74, 6) is 0.458. The van der Waals surface area contributed by atoms with Crippen LogP contribution in [0.3, 0.4) is 0 Å². The van der Waals surface area contributed by atoms with E-state index in [1.165, 1.54) is 31.4 Å². The average molecular weight is 208 g/mol. The fourth-order valence-electron chi connectivity index (χ4n) is 2.50. The summed E-state index contributed by atoms with van der Waals surface area (Å²) < 4.78 is 2.12. The molecule has 0 unspecified atom stereocenters. The Labute approximate surface area is 90.8 Å². The Morgan fingerprint density at radius 1 is 1.40 bits per heavy atom. The van der Waals surface area contributed by atoms with Crippen LogP contribution >= 0.6 is 0 Å². The summed E-state index contributed by atoms with van der Waals surface area (Å²) in [6.45, 7) is 4.87. The van der Waals surface area contributed by atoms with E-state index < -0.39 is 0 Å². The molecule has 1 heterocycles. The molecule has 4 nitrogen and oxygen atoms in total. The van der Waals surface area contributed by atoms with E-state index in [2.05, 4.69) is 28.8 Å². The largest absolute Gasteiger partial charge is 0.325 e. The molecule has 0 radical (unpaired) electrons. The van der Waals surface area contributed by atoms with Crippen molar-refractivity contribution in [3.8, 4) is 0 Å². The highest BCUT2D eigenvalue weighted by Gasteiger charge is 2.23. The fraction of sp³-hybridized carbons (Fsp3) is 0.818. The third-order valence-electron chi connectivity index (χ3n) is 3.22. The molecule has 1 fully saturated rings. The van der Waals surface area contributed by atoms with Crippen molar-refractivity contribution in [2.24, 2.45) is 5.73 Å². The van der Waals surface area contributed by atoms with Crippen LogP contribution in [0, 0.1) is 0 Å². The van der Waals surface area contributed by atoms with Crippen LogP contribution in [0.2, 0.25) is 0 Å². The van der Waals surface area contributed by atoms with E-state index in [0.29, 0.717) is 18.5 Å². The van der Waals surface area contributed by atoms with E-state index in [1.807, 2.05) is 0 Å². The summed E-state index contributed by atoms with van der Waals surface area (Å²) in [4.78, 5) is 0. The van der Waals surface area contributed by atoms with Crippen molar-refractivity contribution in [2.45, 2.75) is 58.0 Å². The molecular formula is C11H20N4. The van der Waals surface area contributed by atoms with E-state index in [-0.39, 0.29) is 0 Å². The second-order valence-electron chi connectivity index (χ2n) is 4.66. The topological polar surface area (TPSA) is 56.7 Å². The molecule has 4 heteroatoms. The van der Waals surface area contributed by atoms with Gasteiger partial charge in [-0.15, -0.1) is 5.10 Å². The molecule has 0 bridgehead atoms. The second kappa shape index (κ2) is 4.31. The van der Waals surface area contributed by atoms with Gasteiger partial charge in [0.2, 0.25) is 0 Å². The highest BCUT2D eigenvalue weighted by Crippen LogP contribution is 2.32. The summed E-state index contributed by atoms with van der Waals surface area (Å²) in [7, 11) is 0. The molecule has 1 aromatic heterocycles. The van der Waals surface area contributed by atoms with Crippen molar-refractivity contribution >= 4 is 0 Å². The molecule has 2 N–H and O–H groups in total. The first-order chi connectivity index (χ1) is 7.24. The first-order valence-electron chi connectivity index (χ1n) is 5.88. The Hall–Kier alpha value is -0.900. The van der Waals surface area contributed by atoms with Crippen LogP contribution < -0.4 is 5.73 Å². The lowest BCUT2D eigenvalue weighted by Crippen LogP contribution is -2.13. The molecule has 1 aliphatic carbocycles. The van der Waals surface area contributed by atoms with E-state index in [0.717, 1.165) is 5.69 Å². The molecule has 1 aromatic rings. The molecular weight excluding hydrogens is 188 g/mol.